The predicted octanol–water partition coefficient (Wildman–Crippen LogP) is 1.90. The van der Waals surface area contributed by atoms with E-state index in [1.807, 2.05) is 0 Å². The highest BCUT2D eigenvalue weighted by molar-refractivity contribution is 6.50. The fraction of sp³-hybridized carbons (Fsp3) is 0.385. The molecule has 1 aromatic carbocycles. The molecule has 0 spiro atoms. The van der Waals surface area contributed by atoms with Crippen LogP contribution in [-0.2, 0) is 9.53 Å². The van der Waals surface area contributed by atoms with Crippen molar-refractivity contribution in [3.8, 4) is 5.75 Å². The average molecular weight is 318 g/mol. The Labute approximate surface area is 125 Å². The van der Waals surface area contributed by atoms with Crippen LogP contribution in [-0.4, -0.2) is 29.4 Å². The third kappa shape index (κ3) is 3.77. The average Bonchev–Trinajstić information content (AvgIpc) is 3.01. The summed E-state index contributed by atoms with van der Waals surface area (Å²) in [6.45, 7) is -0.157. The molecule has 1 amide bonds. The molecule has 0 heterocycles. The number of carbonyl (C=O) groups is 2. The number of ether oxygens (including phenoxy) is 2. The monoisotopic (exact) mass is 317 g/mol. The number of nitrogens with two attached hydrogens (primary N) is 1. The van der Waals surface area contributed by atoms with E-state index in [2.05, 4.69) is 0 Å². The van der Waals surface area contributed by atoms with Gasteiger partial charge in [-0.3, -0.25) is 4.79 Å². The molecule has 0 aliphatic heterocycles. The van der Waals surface area contributed by atoms with E-state index in [1.165, 1.54) is 0 Å². The topological polar surface area (TPSA) is 78.6 Å². The molecule has 1 aromatic rings. The van der Waals surface area contributed by atoms with Gasteiger partial charge in [-0.2, -0.15) is 0 Å². The highest BCUT2D eigenvalue weighted by Crippen LogP contribution is 2.53. The highest BCUT2D eigenvalue weighted by atomic mass is 35.5. The maximum Gasteiger partial charge on any atom is 0.341 e. The van der Waals surface area contributed by atoms with E-state index in [1.54, 1.807) is 24.3 Å². The number of amides is 1. The molecule has 1 fully saturated rings. The zero-order chi connectivity index (χ0) is 14.8. The SMILES string of the molecule is NC(=O)COc1ccccc1C(=O)OC[C@@H]1CC1(Cl)Cl. The van der Waals surface area contributed by atoms with E-state index in [-0.39, 0.29) is 30.4 Å². The number of hydrogen-bond acceptors (Lipinski definition) is 4. The molecule has 0 bridgehead atoms. The minimum absolute atomic E-state index is 0.0477. The quantitative estimate of drug-likeness (QED) is 0.642. The van der Waals surface area contributed by atoms with Gasteiger partial charge in [0.2, 0.25) is 0 Å². The van der Waals surface area contributed by atoms with Crippen LogP contribution in [0, 0.1) is 5.92 Å². The lowest BCUT2D eigenvalue weighted by molar-refractivity contribution is -0.119. The van der Waals surface area contributed by atoms with Crippen LogP contribution in [0.4, 0.5) is 0 Å². The van der Waals surface area contributed by atoms with Crippen molar-refractivity contribution in [1.29, 1.82) is 0 Å². The number of halogens is 2. The van der Waals surface area contributed by atoms with Crippen molar-refractivity contribution in [3.63, 3.8) is 0 Å². The Morgan fingerprint density at radius 1 is 1.35 bits per heavy atom. The molecule has 20 heavy (non-hydrogen) atoms. The number of alkyl halides is 2. The number of esters is 1. The summed E-state index contributed by atoms with van der Waals surface area (Å²) in [7, 11) is 0. The molecule has 108 valence electrons. The van der Waals surface area contributed by atoms with Gasteiger partial charge in [0.1, 0.15) is 15.6 Å². The minimum atomic E-state index is -0.789. The van der Waals surface area contributed by atoms with Crippen molar-refractivity contribution in [2.45, 2.75) is 10.8 Å². The van der Waals surface area contributed by atoms with Crippen LogP contribution in [0.15, 0.2) is 24.3 Å². The first-order chi connectivity index (χ1) is 9.40. The first-order valence-corrected chi connectivity index (χ1v) is 6.71. The zero-order valence-electron chi connectivity index (χ0n) is 10.5. The van der Waals surface area contributed by atoms with Crippen molar-refractivity contribution in [3.05, 3.63) is 29.8 Å². The van der Waals surface area contributed by atoms with Crippen LogP contribution in [0.1, 0.15) is 16.8 Å². The lowest BCUT2D eigenvalue weighted by Crippen LogP contribution is -2.21. The van der Waals surface area contributed by atoms with Crippen molar-refractivity contribution in [2.24, 2.45) is 11.7 Å². The second-order valence-electron chi connectivity index (χ2n) is 4.51. The third-order valence-corrected chi connectivity index (χ3v) is 3.77. The van der Waals surface area contributed by atoms with Crippen LogP contribution < -0.4 is 10.5 Å². The number of rotatable bonds is 6. The van der Waals surface area contributed by atoms with Gasteiger partial charge in [0.05, 0.1) is 6.61 Å². The van der Waals surface area contributed by atoms with Gasteiger partial charge in [0, 0.05) is 5.92 Å². The Morgan fingerprint density at radius 2 is 2.00 bits per heavy atom. The summed E-state index contributed by atoms with van der Waals surface area (Å²) in [5, 5.41) is 0. The molecule has 2 N–H and O–H groups in total. The zero-order valence-corrected chi connectivity index (χ0v) is 12.0. The minimum Gasteiger partial charge on any atom is -0.483 e. The maximum absolute atomic E-state index is 11.9. The normalized spacial score (nSPS) is 19.2. The Hall–Kier alpha value is -1.46. The molecule has 0 radical (unpaired) electrons. The van der Waals surface area contributed by atoms with Crippen LogP contribution in [0.25, 0.3) is 0 Å². The van der Waals surface area contributed by atoms with Crippen molar-refractivity contribution in [2.75, 3.05) is 13.2 Å². The summed E-state index contributed by atoms with van der Waals surface area (Å²) in [5.74, 6) is -0.982. The lowest BCUT2D eigenvalue weighted by Gasteiger charge is -2.10. The Kier molecular flexibility index (Phi) is 4.40. The second-order valence-corrected chi connectivity index (χ2v) is 6.05. The Balaban J connectivity index is 1.96. The first kappa shape index (κ1) is 14.9. The third-order valence-electron chi connectivity index (χ3n) is 2.85. The van der Waals surface area contributed by atoms with Crippen molar-refractivity contribution in [1.82, 2.24) is 0 Å². The van der Waals surface area contributed by atoms with E-state index in [4.69, 9.17) is 38.4 Å². The van der Waals surface area contributed by atoms with Crippen molar-refractivity contribution >= 4 is 35.1 Å². The molecule has 0 aromatic heterocycles. The van der Waals surface area contributed by atoms with E-state index >= 15 is 0 Å². The number of carbonyl (C=O) groups excluding carboxylic acids is 2. The van der Waals surface area contributed by atoms with Gasteiger partial charge < -0.3 is 15.2 Å². The lowest BCUT2D eigenvalue weighted by atomic mass is 10.2. The van der Waals surface area contributed by atoms with Gasteiger partial charge in [-0.25, -0.2) is 4.79 Å². The first-order valence-electron chi connectivity index (χ1n) is 5.95. The molecule has 1 aliphatic carbocycles. The molecule has 0 unspecified atom stereocenters. The van der Waals surface area contributed by atoms with Gasteiger partial charge in [0.25, 0.3) is 5.91 Å². The molecular formula is C13H13Cl2NO4. The van der Waals surface area contributed by atoms with E-state index in [0.29, 0.717) is 6.42 Å². The number of primary amides is 1. The van der Waals surface area contributed by atoms with Gasteiger partial charge in [-0.1, -0.05) is 12.1 Å². The van der Waals surface area contributed by atoms with Gasteiger partial charge in [-0.15, -0.1) is 23.2 Å². The number of hydrogen-bond donors (Lipinski definition) is 1. The molecule has 0 saturated heterocycles. The summed E-state index contributed by atoms with van der Waals surface area (Å²) in [5.41, 5.74) is 5.22. The van der Waals surface area contributed by atoms with E-state index in [9.17, 15) is 9.59 Å². The summed E-state index contributed by atoms with van der Waals surface area (Å²) < 4.78 is 9.50. The molecule has 7 heteroatoms. The number of para-hydroxylation sites is 1. The summed E-state index contributed by atoms with van der Waals surface area (Å²) >= 11 is 11.7. The molecule has 1 atom stereocenters. The largest absolute Gasteiger partial charge is 0.483 e. The highest BCUT2D eigenvalue weighted by Gasteiger charge is 2.52. The molecule has 2 rings (SSSR count). The second kappa shape index (κ2) is 5.89. The van der Waals surface area contributed by atoms with E-state index < -0.39 is 16.2 Å². The predicted molar refractivity (Wildman–Crippen MR) is 74.0 cm³/mol. The van der Waals surface area contributed by atoms with Gasteiger partial charge >= 0.3 is 5.97 Å². The van der Waals surface area contributed by atoms with Gasteiger partial charge in [0.15, 0.2) is 6.61 Å². The van der Waals surface area contributed by atoms with E-state index in [0.717, 1.165) is 0 Å². The molecule has 5 nitrogen and oxygen atoms in total. The Bertz CT molecular complexity index is 533. The standard InChI is InChI=1S/C13H13Cl2NO4/c14-13(15)5-8(13)6-20-12(18)9-3-1-2-4-10(9)19-7-11(16)17/h1-4,8H,5-7H2,(H2,16,17)/t8-/m0/s1. The van der Waals surface area contributed by atoms with Gasteiger partial charge in [-0.05, 0) is 18.6 Å². The molecule has 1 aliphatic rings. The van der Waals surface area contributed by atoms with Crippen LogP contribution >= 0.6 is 23.2 Å². The maximum atomic E-state index is 11.9. The van der Waals surface area contributed by atoms with Crippen LogP contribution in [0.5, 0.6) is 5.75 Å². The fourth-order valence-electron chi connectivity index (χ4n) is 1.61. The summed E-state index contributed by atoms with van der Waals surface area (Å²) in [6.07, 6.45) is 0.600. The number of benzene rings is 1. The van der Waals surface area contributed by atoms with Crippen LogP contribution in [0.2, 0.25) is 0 Å². The van der Waals surface area contributed by atoms with Crippen LogP contribution in [0.3, 0.4) is 0 Å². The molecule has 1 saturated carbocycles. The Morgan fingerprint density at radius 3 is 2.60 bits per heavy atom. The molecular weight excluding hydrogens is 305 g/mol. The summed E-state index contributed by atoms with van der Waals surface area (Å²) in [6, 6.07) is 6.44. The fourth-order valence-corrected chi connectivity index (χ4v) is 2.11. The van der Waals surface area contributed by atoms with Crippen molar-refractivity contribution < 1.29 is 19.1 Å². The smallest absolute Gasteiger partial charge is 0.341 e. The summed E-state index contributed by atoms with van der Waals surface area (Å²) in [4.78, 5) is 22.6.